The summed E-state index contributed by atoms with van der Waals surface area (Å²) >= 11 is 1.75. The Kier molecular flexibility index (Phi) is 7.37. The van der Waals surface area contributed by atoms with Crippen molar-refractivity contribution in [3.8, 4) is 11.1 Å². The van der Waals surface area contributed by atoms with Crippen LogP contribution in [-0.2, 0) is 6.16 Å². The third-order valence-corrected chi connectivity index (χ3v) is 10.9. The molecule has 0 atom stereocenters. The molecule has 158 valence electrons. The van der Waals surface area contributed by atoms with E-state index in [0.29, 0.717) is 0 Å². The highest BCUT2D eigenvalue weighted by molar-refractivity contribution is 7.95. The molecule has 0 bridgehead atoms. The second kappa shape index (κ2) is 10.4. The Morgan fingerprint density at radius 1 is 0.531 bits per heavy atom. The second-order valence-electron chi connectivity index (χ2n) is 7.69. The van der Waals surface area contributed by atoms with E-state index in [1.165, 1.54) is 32.6 Å². The molecule has 0 saturated carbocycles. The zero-order chi connectivity index (χ0) is 20.9. The van der Waals surface area contributed by atoms with E-state index in [-0.39, 0.29) is 17.0 Å². The molecule has 32 heavy (non-hydrogen) atoms. The van der Waals surface area contributed by atoms with E-state index < -0.39 is 7.26 Å². The Hall–Kier alpha value is -2.51. The summed E-state index contributed by atoms with van der Waals surface area (Å²) in [7, 11) is -1.87. The minimum absolute atomic E-state index is 0. The van der Waals surface area contributed by atoms with Crippen molar-refractivity contribution >= 4 is 34.5 Å². The number of benzene rings is 4. The molecule has 0 aliphatic carbocycles. The maximum atomic E-state index is 2.38. The lowest BCUT2D eigenvalue weighted by Gasteiger charge is -2.28. The zero-order valence-corrected chi connectivity index (χ0v) is 20.9. The molecule has 1 heterocycles. The molecule has 0 nitrogen and oxygen atoms in total. The van der Waals surface area contributed by atoms with Crippen molar-refractivity contribution in [2.75, 3.05) is 0 Å². The maximum absolute atomic E-state index is 2.38. The molecule has 3 heteroatoms. The van der Waals surface area contributed by atoms with Gasteiger partial charge in [-0.25, -0.2) is 0 Å². The average molecular weight is 515 g/mol. The van der Waals surface area contributed by atoms with Gasteiger partial charge >= 0.3 is 0 Å². The Morgan fingerprint density at radius 3 is 1.53 bits per heavy atom. The summed E-state index contributed by atoms with van der Waals surface area (Å²) in [6, 6.07) is 44.6. The number of halogens is 1. The average Bonchev–Trinajstić information content (AvgIpc) is 3.40. The first-order chi connectivity index (χ1) is 15.4. The van der Waals surface area contributed by atoms with Gasteiger partial charge in [0.2, 0.25) is 0 Å². The van der Waals surface area contributed by atoms with Gasteiger partial charge in [-0.15, -0.1) is 0 Å². The fourth-order valence-corrected chi connectivity index (χ4v) is 9.22. The molecule has 0 N–H and O–H groups in total. The molecular formula is C29H24BrPS. The van der Waals surface area contributed by atoms with Crippen LogP contribution in [0.15, 0.2) is 132 Å². The highest BCUT2D eigenvalue weighted by Gasteiger charge is 2.45. The Morgan fingerprint density at radius 2 is 1.06 bits per heavy atom. The SMILES string of the molecule is [Br-].c1ccc([P+](Cc2cccc(-c3ccsc3)c2)(c2ccccc2)c2ccccc2)cc1. The van der Waals surface area contributed by atoms with E-state index in [9.17, 15) is 0 Å². The number of hydrogen-bond acceptors (Lipinski definition) is 1. The van der Waals surface area contributed by atoms with Gasteiger partial charge in [0, 0.05) is 0 Å². The van der Waals surface area contributed by atoms with E-state index >= 15 is 0 Å². The van der Waals surface area contributed by atoms with Gasteiger partial charge in [-0.1, -0.05) is 72.8 Å². The standard InChI is InChI=1S/C29H24PS.BrH/c1-4-13-27(14-5-1)30(28-15-6-2-7-16-28,29-17-8-3-9-18-29)22-24-11-10-12-25(21-24)26-19-20-31-23-26;/h1-21,23H,22H2;1H/q+1;/p-1. The van der Waals surface area contributed by atoms with E-state index in [0.717, 1.165) is 6.16 Å². The Labute approximate surface area is 205 Å². The van der Waals surface area contributed by atoms with Crippen LogP contribution in [0.1, 0.15) is 5.56 Å². The van der Waals surface area contributed by atoms with Crippen molar-refractivity contribution in [3.05, 3.63) is 138 Å². The van der Waals surface area contributed by atoms with Crippen LogP contribution in [0.25, 0.3) is 11.1 Å². The molecule has 0 spiro atoms. The van der Waals surface area contributed by atoms with Gasteiger partial charge in [-0.05, 0) is 76.0 Å². The second-order valence-corrected chi connectivity index (χ2v) is 12.0. The van der Waals surface area contributed by atoms with Crippen LogP contribution in [0.3, 0.4) is 0 Å². The first-order valence-corrected chi connectivity index (χ1v) is 13.4. The number of rotatable bonds is 6. The van der Waals surface area contributed by atoms with E-state index in [2.05, 4.69) is 132 Å². The van der Waals surface area contributed by atoms with Crippen LogP contribution >= 0.6 is 18.6 Å². The van der Waals surface area contributed by atoms with Gasteiger partial charge in [0.25, 0.3) is 0 Å². The van der Waals surface area contributed by atoms with Gasteiger partial charge in [0.1, 0.15) is 23.2 Å². The van der Waals surface area contributed by atoms with Gasteiger partial charge in [0.05, 0.1) is 6.16 Å². The molecular weight excluding hydrogens is 491 g/mol. The van der Waals surface area contributed by atoms with Crippen LogP contribution in [0.4, 0.5) is 0 Å². The quantitative estimate of drug-likeness (QED) is 0.301. The molecule has 5 rings (SSSR count). The summed E-state index contributed by atoms with van der Waals surface area (Å²) in [4.78, 5) is 0. The largest absolute Gasteiger partial charge is 1.00 e. The van der Waals surface area contributed by atoms with Crippen molar-refractivity contribution in [1.82, 2.24) is 0 Å². The van der Waals surface area contributed by atoms with Crippen molar-refractivity contribution < 1.29 is 17.0 Å². The summed E-state index contributed by atoms with van der Waals surface area (Å²) < 4.78 is 0. The van der Waals surface area contributed by atoms with E-state index in [1.807, 2.05) is 0 Å². The van der Waals surface area contributed by atoms with Crippen LogP contribution in [0, 0.1) is 0 Å². The normalized spacial score (nSPS) is 11.0. The lowest BCUT2D eigenvalue weighted by molar-refractivity contribution is -0.00000588. The van der Waals surface area contributed by atoms with Gasteiger partial charge in [-0.3, -0.25) is 0 Å². The summed E-state index contributed by atoms with van der Waals surface area (Å²) in [5, 5.41) is 8.65. The fourth-order valence-electron chi connectivity index (χ4n) is 4.32. The highest BCUT2D eigenvalue weighted by atomic mass is 79.9. The summed E-state index contributed by atoms with van der Waals surface area (Å²) in [6.07, 6.45) is 1.00. The minimum atomic E-state index is -1.87. The topological polar surface area (TPSA) is 0 Å². The molecule has 0 amide bonds. The van der Waals surface area contributed by atoms with Crippen molar-refractivity contribution in [2.24, 2.45) is 0 Å². The summed E-state index contributed by atoms with van der Waals surface area (Å²) in [5.74, 6) is 0. The zero-order valence-electron chi connectivity index (χ0n) is 17.6. The molecule has 1 aromatic heterocycles. The molecule has 5 aromatic rings. The van der Waals surface area contributed by atoms with Crippen molar-refractivity contribution in [2.45, 2.75) is 6.16 Å². The Bertz CT molecular complexity index is 1140. The predicted molar refractivity (Wildman–Crippen MR) is 139 cm³/mol. The minimum Gasteiger partial charge on any atom is -1.00 e. The highest BCUT2D eigenvalue weighted by Crippen LogP contribution is 2.58. The fraction of sp³-hybridized carbons (Fsp3) is 0.0345. The maximum Gasteiger partial charge on any atom is 0.116 e. The van der Waals surface area contributed by atoms with Crippen LogP contribution in [0.2, 0.25) is 0 Å². The van der Waals surface area contributed by atoms with Crippen LogP contribution in [0.5, 0.6) is 0 Å². The lowest BCUT2D eigenvalue weighted by atomic mass is 10.1. The van der Waals surface area contributed by atoms with Gasteiger partial charge < -0.3 is 17.0 Å². The van der Waals surface area contributed by atoms with E-state index in [4.69, 9.17) is 0 Å². The van der Waals surface area contributed by atoms with Gasteiger partial charge in [0.15, 0.2) is 0 Å². The summed E-state index contributed by atoms with van der Waals surface area (Å²) in [5.41, 5.74) is 3.98. The third-order valence-electron chi connectivity index (χ3n) is 5.79. The van der Waals surface area contributed by atoms with E-state index in [1.54, 1.807) is 11.3 Å². The lowest BCUT2D eigenvalue weighted by Crippen LogP contribution is -3.00. The van der Waals surface area contributed by atoms with Crippen LogP contribution < -0.4 is 32.9 Å². The van der Waals surface area contributed by atoms with Gasteiger partial charge in [-0.2, -0.15) is 11.3 Å². The van der Waals surface area contributed by atoms with Crippen molar-refractivity contribution in [1.29, 1.82) is 0 Å². The Balaban J connectivity index is 0.00000245. The molecule has 0 aliphatic rings. The molecule has 0 fully saturated rings. The number of hydrogen-bond donors (Lipinski definition) is 0. The molecule has 0 radical (unpaired) electrons. The number of thiophene rings is 1. The first-order valence-electron chi connectivity index (χ1n) is 10.5. The summed E-state index contributed by atoms with van der Waals surface area (Å²) in [6.45, 7) is 0. The predicted octanol–water partition coefficient (Wildman–Crippen LogP) is 3.91. The molecule has 0 aliphatic heterocycles. The third kappa shape index (κ3) is 4.50. The molecule has 0 unspecified atom stereocenters. The van der Waals surface area contributed by atoms with Crippen molar-refractivity contribution in [3.63, 3.8) is 0 Å². The van der Waals surface area contributed by atoms with Crippen LogP contribution in [-0.4, -0.2) is 0 Å². The first kappa shape index (κ1) is 22.7. The molecule has 0 saturated heterocycles. The monoisotopic (exact) mass is 514 g/mol. The molecule has 4 aromatic carbocycles. The smallest absolute Gasteiger partial charge is 0.116 e.